The van der Waals surface area contributed by atoms with Gasteiger partial charge in [0, 0.05) is 6.54 Å². The quantitative estimate of drug-likeness (QED) is 0.450. The second-order valence-corrected chi connectivity index (χ2v) is 7.84. The van der Waals surface area contributed by atoms with Gasteiger partial charge in [-0.05, 0) is 36.1 Å². The SMILES string of the molecule is CCc1coc(C(C(=O)NCCc2ccc(NS(=O)(=O)O)cc2)c2ccccc2)n1. The third-order valence-electron chi connectivity index (χ3n) is 4.49. The van der Waals surface area contributed by atoms with Crippen LogP contribution in [0.2, 0.25) is 0 Å². The molecule has 0 aliphatic carbocycles. The smallest absolute Gasteiger partial charge is 0.357 e. The molecule has 1 aromatic heterocycles. The van der Waals surface area contributed by atoms with E-state index in [4.69, 9.17) is 8.97 Å². The van der Waals surface area contributed by atoms with Crippen LogP contribution in [-0.2, 0) is 27.9 Å². The van der Waals surface area contributed by atoms with Crippen LogP contribution in [0.15, 0.2) is 65.3 Å². The summed E-state index contributed by atoms with van der Waals surface area (Å²) in [6, 6.07) is 15.8. The number of hydrogen-bond donors (Lipinski definition) is 3. The number of benzene rings is 2. The standard InChI is InChI=1S/C21H23N3O5S/c1-2-17-14-29-21(23-17)19(16-6-4-3-5-7-16)20(25)22-13-12-15-8-10-18(11-9-15)24-30(26,27)28/h3-11,14,19,24H,2,12-13H2,1H3,(H,22,25)(H,26,27,28). The number of rotatable bonds is 9. The molecule has 0 saturated heterocycles. The third-order valence-corrected chi connectivity index (χ3v) is 4.98. The van der Waals surface area contributed by atoms with Gasteiger partial charge in [-0.1, -0.05) is 49.4 Å². The molecule has 0 fully saturated rings. The summed E-state index contributed by atoms with van der Waals surface area (Å²) in [4.78, 5) is 17.4. The first kappa shape index (κ1) is 21.5. The van der Waals surface area contributed by atoms with Gasteiger partial charge < -0.3 is 9.73 Å². The van der Waals surface area contributed by atoms with Crippen molar-refractivity contribution >= 4 is 21.9 Å². The van der Waals surface area contributed by atoms with E-state index in [9.17, 15) is 13.2 Å². The lowest BCUT2D eigenvalue weighted by molar-refractivity contribution is -0.122. The lowest BCUT2D eigenvalue weighted by Crippen LogP contribution is -2.31. The molecule has 9 heteroatoms. The van der Waals surface area contributed by atoms with Gasteiger partial charge in [0.25, 0.3) is 0 Å². The lowest BCUT2D eigenvalue weighted by Gasteiger charge is -2.14. The molecule has 1 amide bonds. The second kappa shape index (κ2) is 9.55. The molecular weight excluding hydrogens is 406 g/mol. The summed E-state index contributed by atoms with van der Waals surface area (Å²) in [7, 11) is -4.30. The van der Waals surface area contributed by atoms with Gasteiger partial charge in [0.1, 0.15) is 12.2 Å². The normalized spacial score (nSPS) is 12.3. The molecule has 0 bridgehead atoms. The molecule has 3 rings (SSSR count). The van der Waals surface area contributed by atoms with Crippen LogP contribution in [0.3, 0.4) is 0 Å². The summed E-state index contributed by atoms with van der Waals surface area (Å²) >= 11 is 0. The molecule has 1 atom stereocenters. The highest BCUT2D eigenvalue weighted by Crippen LogP contribution is 2.24. The van der Waals surface area contributed by atoms with Crippen LogP contribution in [0, 0.1) is 0 Å². The van der Waals surface area contributed by atoms with E-state index in [-0.39, 0.29) is 11.6 Å². The van der Waals surface area contributed by atoms with E-state index < -0.39 is 16.2 Å². The van der Waals surface area contributed by atoms with Crippen molar-refractivity contribution in [1.82, 2.24) is 10.3 Å². The minimum absolute atomic E-state index is 0.213. The van der Waals surface area contributed by atoms with Gasteiger partial charge in [0.05, 0.1) is 11.4 Å². The highest BCUT2D eigenvalue weighted by molar-refractivity contribution is 7.87. The third kappa shape index (κ3) is 5.91. The molecule has 0 spiro atoms. The Balaban J connectivity index is 1.65. The minimum atomic E-state index is -4.30. The van der Waals surface area contributed by atoms with E-state index in [2.05, 4.69) is 10.3 Å². The van der Waals surface area contributed by atoms with Gasteiger partial charge in [-0.25, -0.2) is 4.98 Å². The average molecular weight is 429 g/mol. The van der Waals surface area contributed by atoms with Gasteiger partial charge in [-0.2, -0.15) is 8.42 Å². The van der Waals surface area contributed by atoms with Crippen molar-refractivity contribution < 1.29 is 22.2 Å². The van der Waals surface area contributed by atoms with Crippen LogP contribution in [-0.4, -0.2) is 30.4 Å². The van der Waals surface area contributed by atoms with Gasteiger partial charge in [0.2, 0.25) is 11.8 Å². The highest BCUT2D eigenvalue weighted by atomic mass is 32.2. The van der Waals surface area contributed by atoms with Crippen LogP contribution >= 0.6 is 0 Å². The van der Waals surface area contributed by atoms with Gasteiger partial charge in [0.15, 0.2) is 0 Å². The summed E-state index contributed by atoms with van der Waals surface area (Å²) in [5.41, 5.74) is 2.74. The average Bonchev–Trinajstić information content (AvgIpc) is 3.18. The fraction of sp³-hybridized carbons (Fsp3) is 0.238. The Bertz CT molecular complexity index is 1080. The molecule has 0 aliphatic rings. The zero-order chi connectivity index (χ0) is 21.6. The topological polar surface area (TPSA) is 122 Å². The van der Waals surface area contributed by atoms with Crippen molar-refractivity contribution in [3.05, 3.63) is 83.6 Å². The Morgan fingerprint density at radius 3 is 2.43 bits per heavy atom. The molecule has 3 N–H and O–H groups in total. The highest BCUT2D eigenvalue weighted by Gasteiger charge is 2.27. The Morgan fingerprint density at radius 1 is 1.13 bits per heavy atom. The summed E-state index contributed by atoms with van der Waals surface area (Å²) in [6.07, 6.45) is 2.83. The number of nitrogens with one attached hydrogen (secondary N) is 2. The summed E-state index contributed by atoms with van der Waals surface area (Å²) in [5, 5.41) is 2.92. The molecule has 0 aliphatic heterocycles. The van der Waals surface area contributed by atoms with Crippen molar-refractivity contribution in [2.75, 3.05) is 11.3 Å². The molecule has 158 valence electrons. The molecule has 30 heavy (non-hydrogen) atoms. The van der Waals surface area contributed by atoms with E-state index in [1.807, 2.05) is 42.0 Å². The van der Waals surface area contributed by atoms with Crippen molar-refractivity contribution in [2.24, 2.45) is 0 Å². The molecule has 1 heterocycles. The largest absolute Gasteiger partial charge is 0.447 e. The fourth-order valence-corrected chi connectivity index (χ4v) is 3.42. The van der Waals surface area contributed by atoms with Crippen LogP contribution in [0.5, 0.6) is 0 Å². The number of aromatic nitrogens is 1. The molecule has 0 radical (unpaired) electrons. The maximum Gasteiger partial charge on any atom is 0.357 e. The first-order valence-electron chi connectivity index (χ1n) is 9.47. The summed E-state index contributed by atoms with van der Waals surface area (Å²) < 4.78 is 38.0. The number of carbonyl (C=O) groups is 1. The predicted octanol–water partition coefficient (Wildman–Crippen LogP) is 2.94. The molecule has 2 aromatic carbocycles. The van der Waals surface area contributed by atoms with Crippen molar-refractivity contribution in [2.45, 2.75) is 25.7 Å². The van der Waals surface area contributed by atoms with E-state index in [0.717, 1.165) is 23.2 Å². The number of carbonyl (C=O) groups excluding carboxylic acids is 1. The van der Waals surface area contributed by atoms with Crippen molar-refractivity contribution in [3.8, 4) is 0 Å². The van der Waals surface area contributed by atoms with Crippen molar-refractivity contribution in [1.29, 1.82) is 0 Å². The molecule has 0 saturated carbocycles. The van der Waals surface area contributed by atoms with E-state index >= 15 is 0 Å². The van der Waals surface area contributed by atoms with E-state index in [1.165, 1.54) is 12.1 Å². The number of aryl methyl sites for hydroxylation is 1. The fourth-order valence-electron chi connectivity index (χ4n) is 2.99. The molecule has 3 aromatic rings. The molecular formula is C21H23N3O5S. The van der Waals surface area contributed by atoms with Crippen molar-refractivity contribution in [3.63, 3.8) is 0 Å². The first-order valence-corrected chi connectivity index (χ1v) is 10.9. The Labute approximate surface area is 175 Å². The van der Waals surface area contributed by atoms with Crippen LogP contribution in [0.1, 0.15) is 35.6 Å². The number of nitrogens with zero attached hydrogens (tertiary/aromatic N) is 1. The van der Waals surface area contributed by atoms with Crippen LogP contribution < -0.4 is 10.0 Å². The number of oxazole rings is 1. The maximum atomic E-state index is 12.9. The first-order chi connectivity index (χ1) is 14.4. The summed E-state index contributed by atoms with van der Waals surface area (Å²) in [5.74, 6) is -0.501. The number of hydrogen-bond acceptors (Lipinski definition) is 5. The van der Waals surface area contributed by atoms with Crippen LogP contribution in [0.4, 0.5) is 5.69 Å². The molecule has 1 unspecified atom stereocenters. The minimum Gasteiger partial charge on any atom is -0.447 e. The number of amides is 1. The molecule has 8 nitrogen and oxygen atoms in total. The second-order valence-electron chi connectivity index (χ2n) is 6.69. The van der Waals surface area contributed by atoms with E-state index in [1.54, 1.807) is 18.4 Å². The maximum absolute atomic E-state index is 12.9. The Hall–Kier alpha value is -3.17. The Kier molecular flexibility index (Phi) is 6.86. The van der Waals surface area contributed by atoms with E-state index in [0.29, 0.717) is 18.9 Å². The zero-order valence-electron chi connectivity index (χ0n) is 16.4. The van der Waals surface area contributed by atoms with Gasteiger partial charge in [-0.3, -0.25) is 14.1 Å². The lowest BCUT2D eigenvalue weighted by atomic mass is 9.98. The monoisotopic (exact) mass is 429 g/mol. The van der Waals surface area contributed by atoms with Crippen LogP contribution in [0.25, 0.3) is 0 Å². The number of anilines is 1. The Morgan fingerprint density at radius 2 is 1.83 bits per heavy atom. The summed E-state index contributed by atoms with van der Waals surface area (Å²) in [6.45, 7) is 2.35. The zero-order valence-corrected chi connectivity index (χ0v) is 17.2. The predicted molar refractivity (Wildman–Crippen MR) is 112 cm³/mol. The van der Waals surface area contributed by atoms with Gasteiger partial charge in [-0.15, -0.1) is 0 Å². The van der Waals surface area contributed by atoms with Gasteiger partial charge >= 0.3 is 10.3 Å².